The van der Waals surface area contributed by atoms with Crippen molar-refractivity contribution < 1.29 is 4.74 Å². The van der Waals surface area contributed by atoms with Gasteiger partial charge in [0.2, 0.25) is 5.88 Å². The third kappa shape index (κ3) is 3.09. The number of benzene rings is 1. The average molecular weight is 255 g/mol. The third-order valence-corrected chi connectivity index (χ3v) is 3.28. The highest BCUT2D eigenvalue weighted by molar-refractivity contribution is 5.58. The van der Waals surface area contributed by atoms with Gasteiger partial charge in [-0.1, -0.05) is 30.3 Å². The topological polar surface area (TPSA) is 47.0 Å². The quantitative estimate of drug-likeness (QED) is 0.914. The summed E-state index contributed by atoms with van der Waals surface area (Å²) >= 11 is 0. The van der Waals surface area contributed by atoms with E-state index in [1.165, 1.54) is 0 Å². The summed E-state index contributed by atoms with van der Waals surface area (Å²) in [5.41, 5.74) is 1.95. The molecule has 0 spiro atoms. The zero-order chi connectivity index (χ0) is 12.9. The number of hydrogen-bond acceptors (Lipinski definition) is 4. The smallest absolute Gasteiger partial charge is 0.233 e. The molecule has 2 aromatic rings. The highest BCUT2D eigenvalue weighted by Crippen LogP contribution is 2.18. The highest BCUT2D eigenvalue weighted by Gasteiger charge is 2.15. The van der Waals surface area contributed by atoms with E-state index in [0.29, 0.717) is 5.88 Å². The van der Waals surface area contributed by atoms with Gasteiger partial charge in [0.15, 0.2) is 0 Å². The molecule has 1 N–H and O–H groups in total. The molecule has 0 amide bonds. The molecule has 0 aliphatic carbocycles. The summed E-state index contributed by atoms with van der Waals surface area (Å²) in [5, 5.41) is 11.7. The Morgan fingerprint density at radius 1 is 0.947 bits per heavy atom. The number of aromatic nitrogens is 2. The van der Waals surface area contributed by atoms with Crippen molar-refractivity contribution in [3.05, 3.63) is 42.5 Å². The first-order chi connectivity index (χ1) is 9.42. The van der Waals surface area contributed by atoms with Crippen molar-refractivity contribution in [3.63, 3.8) is 0 Å². The second-order valence-corrected chi connectivity index (χ2v) is 4.69. The van der Waals surface area contributed by atoms with Crippen molar-refractivity contribution in [2.75, 3.05) is 13.1 Å². The molecule has 1 aliphatic heterocycles. The number of hydrogen-bond donors (Lipinski definition) is 1. The molecule has 0 atom stereocenters. The Balaban J connectivity index is 1.68. The third-order valence-electron chi connectivity index (χ3n) is 3.28. The molecule has 1 saturated heterocycles. The maximum absolute atomic E-state index is 5.83. The van der Waals surface area contributed by atoms with Crippen LogP contribution in [0.15, 0.2) is 42.5 Å². The Kier molecular flexibility index (Phi) is 3.70. The van der Waals surface area contributed by atoms with E-state index in [4.69, 9.17) is 4.74 Å². The van der Waals surface area contributed by atoms with Gasteiger partial charge < -0.3 is 10.1 Å². The standard InChI is InChI=1S/C15H17N3O/c1-2-4-12(5-3-1)14-6-7-15(18-17-14)19-13-8-10-16-11-9-13/h1-7,13,16H,8-11H2. The fourth-order valence-electron chi connectivity index (χ4n) is 2.23. The van der Waals surface area contributed by atoms with Crippen molar-refractivity contribution in [1.29, 1.82) is 0 Å². The molecule has 1 aromatic heterocycles. The summed E-state index contributed by atoms with van der Waals surface area (Å²) in [6.07, 6.45) is 2.32. The minimum atomic E-state index is 0.262. The van der Waals surface area contributed by atoms with Gasteiger partial charge in [-0.25, -0.2) is 0 Å². The molecule has 2 heterocycles. The monoisotopic (exact) mass is 255 g/mol. The fraction of sp³-hybridized carbons (Fsp3) is 0.333. The first-order valence-electron chi connectivity index (χ1n) is 6.68. The average Bonchev–Trinajstić information content (AvgIpc) is 2.50. The summed E-state index contributed by atoms with van der Waals surface area (Å²) in [6, 6.07) is 13.9. The lowest BCUT2D eigenvalue weighted by molar-refractivity contribution is 0.154. The van der Waals surface area contributed by atoms with E-state index in [9.17, 15) is 0 Å². The Hall–Kier alpha value is -1.94. The van der Waals surface area contributed by atoms with Gasteiger partial charge in [-0.15, -0.1) is 10.2 Å². The van der Waals surface area contributed by atoms with Crippen molar-refractivity contribution in [1.82, 2.24) is 15.5 Å². The van der Waals surface area contributed by atoms with Crippen LogP contribution in [0.1, 0.15) is 12.8 Å². The predicted octanol–water partition coefficient (Wildman–Crippen LogP) is 2.27. The van der Waals surface area contributed by atoms with Gasteiger partial charge in [0.05, 0.1) is 5.69 Å². The Bertz CT molecular complexity index is 507. The number of piperidine rings is 1. The van der Waals surface area contributed by atoms with Gasteiger partial charge in [0.1, 0.15) is 6.10 Å². The lowest BCUT2D eigenvalue weighted by Crippen LogP contribution is -2.34. The Morgan fingerprint density at radius 3 is 2.42 bits per heavy atom. The molecular formula is C15H17N3O. The summed E-state index contributed by atoms with van der Waals surface area (Å²) < 4.78 is 5.83. The van der Waals surface area contributed by atoms with Crippen LogP contribution >= 0.6 is 0 Å². The fourth-order valence-corrected chi connectivity index (χ4v) is 2.23. The van der Waals surface area contributed by atoms with Crippen LogP contribution in [0.5, 0.6) is 5.88 Å². The molecule has 0 radical (unpaired) electrons. The SMILES string of the molecule is c1ccc(-c2ccc(OC3CCNCC3)nn2)cc1. The summed E-state index contributed by atoms with van der Waals surface area (Å²) in [4.78, 5) is 0. The van der Waals surface area contributed by atoms with E-state index in [2.05, 4.69) is 15.5 Å². The van der Waals surface area contributed by atoms with Gasteiger partial charge >= 0.3 is 0 Å². The molecule has 4 nitrogen and oxygen atoms in total. The molecule has 0 unspecified atom stereocenters. The molecule has 3 rings (SSSR count). The molecule has 4 heteroatoms. The number of nitrogens with zero attached hydrogens (tertiary/aromatic N) is 2. The van der Waals surface area contributed by atoms with Crippen LogP contribution in [0.25, 0.3) is 11.3 Å². The second-order valence-electron chi connectivity index (χ2n) is 4.69. The first-order valence-corrected chi connectivity index (χ1v) is 6.68. The van der Waals surface area contributed by atoms with Crippen molar-refractivity contribution in [3.8, 4) is 17.1 Å². The molecule has 98 valence electrons. The second kappa shape index (κ2) is 5.80. The van der Waals surface area contributed by atoms with Crippen molar-refractivity contribution >= 4 is 0 Å². The van der Waals surface area contributed by atoms with Crippen molar-refractivity contribution in [2.45, 2.75) is 18.9 Å². The molecule has 1 aliphatic rings. The molecule has 0 bridgehead atoms. The predicted molar refractivity (Wildman–Crippen MR) is 74.0 cm³/mol. The summed E-state index contributed by atoms with van der Waals surface area (Å²) in [6.45, 7) is 2.03. The number of ether oxygens (including phenoxy) is 1. The van der Waals surface area contributed by atoms with E-state index >= 15 is 0 Å². The Morgan fingerprint density at radius 2 is 1.74 bits per heavy atom. The van der Waals surface area contributed by atoms with Gasteiger partial charge in [-0.2, -0.15) is 0 Å². The van der Waals surface area contributed by atoms with Crippen LogP contribution in [-0.2, 0) is 0 Å². The minimum Gasteiger partial charge on any atom is -0.473 e. The van der Waals surface area contributed by atoms with Gasteiger partial charge in [0, 0.05) is 11.6 Å². The van der Waals surface area contributed by atoms with Crippen LogP contribution in [0.2, 0.25) is 0 Å². The lowest BCUT2D eigenvalue weighted by Gasteiger charge is -2.22. The first kappa shape index (κ1) is 12.1. The van der Waals surface area contributed by atoms with Crippen LogP contribution in [0.3, 0.4) is 0 Å². The maximum atomic E-state index is 5.83. The van der Waals surface area contributed by atoms with Gasteiger partial charge in [0.25, 0.3) is 0 Å². The van der Waals surface area contributed by atoms with Crippen LogP contribution in [0, 0.1) is 0 Å². The molecule has 1 aromatic carbocycles. The van der Waals surface area contributed by atoms with E-state index in [1.807, 2.05) is 42.5 Å². The number of rotatable bonds is 3. The van der Waals surface area contributed by atoms with Gasteiger partial charge in [-0.3, -0.25) is 0 Å². The largest absolute Gasteiger partial charge is 0.473 e. The van der Waals surface area contributed by atoms with E-state index in [0.717, 1.165) is 37.2 Å². The summed E-state index contributed by atoms with van der Waals surface area (Å²) in [5.74, 6) is 0.617. The number of nitrogens with one attached hydrogen (secondary N) is 1. The lowest BCUT2D eigenvalue weighted by atomic mass is 10.1. The van der Waals surface area contributed by atoms with Crippen molar-refractivity contribution in [2.24, 2.45) is 0 Å². The van der Waals surface area contributed by atoms with Gasteiger partial charge in [-0.05, 0) is 32.0 Å². The van der Waals surface area contributed by atoms with Crippen LogP contribution < -0.4 is 10.1 Å². The van der Waals surface area contributed by atoms with E-state index in [-0.39, 0.29) is 6.10 Å². The van der Waals surface area contributed by atoms with E-state index < -0.39 is 0 Å². The van der Waals surface area contributed by atoms with Crippen LogP contribution in [-0.4, -0.2) is 29.4 Å². The Labute approximate surface area is 112 Å². The molecule has 0 saturated carbocycles. The normalized spacial score (nSPS) is 16.2. The molecule has 1 fully saturated rings. The zero-order valence-corrected chi connectivity index (χ0v) is 10.7. The highest BCUT2D eigenvalue weighted by atomic mass is 16.5. The minimum absolute atomic E-state index is 0.262. The zero-order valence-electron chi connectivity index (χ0n) is 10.7. The summed E-state index contributed by atoms with van der Waals surface area (Å²) in [7, 11) is 0. The van der Waals surface area contributed by atoms with Crippen LogP contribution in [0.4, 0.5) is 0 Å². The molecular weight excluding hydrogens is 238 g/mol. The van der Waals surface area contributed by atoms with E-state index in [1.54, 1.807) is 0 Å². The molecule has 19 heavy (non-hydrogen) atoms. The maximum Gasteiger partial charge on any atom is 0.233 e.